The van der Waals surface area contributed by atoms with Crippen molar-refractivity contribution in [3.05, 3.63) is 101 Å². The summed E-state index contributed by atoms with van der Waals surface area (Å²) in [6.07, 6.45) is 0. The number of carbonyl (C=O) groups excluding carboxylic acids is 1. The van der Waals surface area contributed by atoms with E-state index in [4.69, 9.17) is 12.6 Å². The van der Waals surface area contributed by atoms with E-state index in [2.05, 4.69) is 17.4 Å². The van der Waals surface area contributed by atoms with Crippen molar-refractivity contribution in [3.8, 4) is 0 Å². The Balaban J connectivity index is 1.70. The highest BCUT2D eigenvalue weighted by atomic mass is 32.1. The predicted molar refractivity (Wildman–Crippen MR) is 103 cm³/mol. The second kappa shape index (κ2) is 7.37. The van der Waals surface area contributed by atoms with Gasteiger partial charge in [0.05, 0.1) is 5.25 Å². The van der Waals surface area contributed by atoms with Crippen molar-refractivity contribution in [1.29, 1.82) is 0 Å². The van der Waals surface area contributed by atoms with Crippen LogP contribution in [0.25, 0.3) is 0 Å². The number of benzene rings is 3. The van der Waals surface area contributed by atoms with Crippen molar-refractivity contribution in [1.82, 2.24) is 0 Å². The Labute approximate surface area is 148 Å². The van der Waals surface area contributed by atoms with Gasteiger partial charge in [0.15, 0.2) is 0 Å². The van der Waals surface area contributed by atoms with Crippen LogP contribution in [0, 0.1) is 6.92 Å². The highest BCUT2D eigenvalue weighted by Gasteiger charge is 2.10. The van der Waals surface area contributed by atoms with Crippen molar-refractivity contribution in [2.24, 2.45) is 0 Å². The van der Waals surface area contributed by atoms with Crippen LogP contribution in [0.1, 0.15) is 32.3 Å². The molecule has 0 bridgehead atoms. The maximum Gasteiger partial charge on any atom is 0.255 e. The molecule has 0 aliphatic heterocycles. The Morgan fingerprint density at radius 1 is 0.833 bits per heavy atom. The zero-order valence-electron chi connectivity index (χ0n) is 13.4. The van der Waals surface area contributed by atoms with Crippen LogP contribution in [0.15, 0.2) is 78.9 Å². The van der Waals surface area contributed by atoms with E-state index in [1.807, 2.05) is 73.7 Å². The third-order valence-electron chi connectivity index (χ3n) is 3.91. The van der Waals surface area contributed by atoms with Crippen molar-refractivity contribution < 1.29 is 4.79 Å². The Kier molecular flexibility index (Phi) is 5.02. The standard InChI is InChI=1S/C21H19NOS/c1-15-7-9-18(10-8-15)21(23)22-19-13-11-17(12-14-19)20(24)16-5-3-2-4-6-16/h2-14,20,24H,1H3,(H,22,23). The third kappa shape index (κ3) is 3.87. The van der Waals surface area contributed by atoms with Crippen molar-refractivity contribution in [3.63, 3.8) is 0 Å². The fourth-order valence-electron chi connectivity index (χ4n) is 2.48. The Morgan fingerprint density at radius 3 is 2.04 bits per heavy atom. The van der Waals surface area contributed by atoms with Gasteiger partial charge in [0.25, 0.3) is 5.91 Å². The van der Waals surface area contributed by atoms with Crippen LogP contribution in [0.3, 0.4) is 0 Å². The molecule has 3 rings (SSSR count). The average molecular weight is 333 g/mol. The molecular weight excluding hydrogens is 314 g/mol. The highest BCUT2D eigenvalue weighted by Crippen LogP contribution is 2.28. The Hall–Kier alpha value is -2.52. The Bertz CT molecular complexity index is 811. The van der Waals surface area contributed by atoms with Gasteiger partial charge in [0.1, 0.15) is 0 Å². The number of thiol groups is 1. The van der Waals surface area contributed by atoms with E-state index in [0.717, 1.165) is 22.4 Å². The lowest BCUT2D eigenvalue weighted by atomic mass is 10.0. The normalized spacial score (nSPS) is 11.8. The largest absolute Gasteiger partial charge is 0.322 e. The molecule has 0 aliphatic rings. The monoisotopic (exact) mass is 333 g/mol. The number of carbonyl (C=O) groups is 1. The van der Waals surface area contributed by atoms with Gasteiger partial charge >= 0.3 is 0 Å². The van der Waals surface area contributed by atoms with Gasteiger partial charge in [0, 0.05) is 11.3 Å². The molecule has 0 aromatic heterocycles. The molecule has 24 heavy (non-hydrogen) atoms. The lowest BCUT2D eigenvalue weighted by molar-refractivity contribution is 0.102. The molecule has 0 spiro atoms. The summed E-state index contributed by atoms with van der Waals surface area (Å²) >= 11 is 4.69. The van der Waals surface area contributed by atoms with Gasteiger partial charge in [-0.05, 0) is 42.3 Å². The molecule has 3 aromatic rings. The maximum absolute atomic E-state index is 12.2. The van der Waals surface area contributed by atoms with Crippen LogP contribution in [0.5, 0.6) is 0 Å². The molecule has 0 heterocycles. The van der Waals surface area contributed by atoms with Crippen molar-refractivity contribution >= 4 is 24.2 Å². The molecule has 1 amide bonds. The molecule has 3 aromatic carbocycles. The summed E-state index contributed by atoms with van der Waals surface area (Å²) in [5.41, 5.74) is 4.81. The third-order valence-corrected chi connectivity index (χ3v) is 4.51. The average Bonchev–Trinajstić information content (AvgIpc) is 2.63. The van der Waals surface area contributed by atoms with Crippen LogP contribution in [-0.4, -0.2) is 5.91 Å². The zero-order valence-corrected chi connectivity index (χ0v) is 14.3. The van der Waals surface area contributed by atoms with Crippen LogP contribution in [0.4, 0.5) is 5.69 Å². The first-order chi connectivity index (χ1) is 11.6. The predicted octanol–water partition coefficient (Wildman–Crippen LogP) is 5.27. The lowest BCUT2D eigenvalue weighted by Gasteiger charge is -2.12. The number of amides is 1. The minimum absolute atomic E-state index is 0.0213. The summed E-state index contributed by atoms with van der Waals surface area (Å²) in [6, 6.07) is 25.5. The first-order valence-electron chi connectivity index (χ1n) is 7.84. The molecule has 120 valence electrons. The van der Waals surface area contributed by atoms with Gasteiger partial charge in [-0.25, -0.2) is 0 Å². The maximum atomic E-state index is 12.2. The van der Waals surface area contributed by atoms with E-state index in [-0.39, 0.29) is 11.2 Å². The van der Waals surface area contributed by atoms with Crippen molar-refractivity contribution in [2.45, 2.75) is 12.2 Å². The minimum Gasteiger partial charge on any atom is -0.322 e. The van der Waals surface area contributed by atoms with Gasteiger partial charge in [-0.3, -0.25) is 4.79 Å². The molecule has 0 radical (unpaired) electrons. The van der Waals surface area contributed by atoms with Gasteiger partial charge < -0.3 is 5.32 Å². The first-order valence-corrected chi connectivity index (χ1v) is 8.36. The molecule has 0 aliphatic carbocycles. The van der Waals surface area contributed by atoms with Gasteiger partial charge in [0.2, 0.25) is 0 Å². The smallest absolute Gasteiger partial charge is 0.255 e. The summed E-state index contributed by atoms with van der Waals surface area (Å²) < 4.78 is 0. The molecule has 2 nitrogen and oxygen atoms in total. The van der Waals surface area contributed by atoms with E-state index in [1.54, 1.807) is 0 Å². The first kappa shape index (κ1) is 16.3. The number of hydrogen-bond acceptors (Lipinski definition) is 2. The number of rotatable bonds is 4. The number of nitrogens with one attached hydrogen (secondary N) is 1. The van der Waals surface area contributed by atoms with E-state index >= 15 is 0 Å². The van der Waals surface area contributed by atoms with E-state index in [9.17, 15) is 4.79 Å². The molecule has 0 saturated heterocycles. The topological polar surface area (TPSA) is 29.1 Å². The second-order valence-electron chi connectivity index (χ2n) is 5.76. The summed E-state index contributed by atoms with van der Waals surface area (Å²) in [4.78, 5) is 12.2. The SMILES string of the molecule is Cc1ccc(C(=O)Nc2ccc(C(S)c3ccccc3)cc2)cc1. The minimum atomic E-state index is -0.103. The summed E-state index contributed by atoms with van der Waals surface area (Å²) in [5.74, 6) is -0.103. The zero-order chi connectivity index (χ0) is 16.9. The fourth-order valence-corrected chi connectivity index (χ4v) is 2.83. The molecule has 0 saturated carbocycles. The quantitative estimate of drug-likeness (QED) is 0.626. The molecular formula is C21H19NOS. The second-order valence-corrected chi connectivity index (χ2v) is 6.27. The lowest BCUT2D eigenvalue weighted by Crippen LogP contribution is -2.11. The van der Waals surface area contributed by atoms with Crippen LogP contribution >= 0.6 is 12.6 Å². The molecule has 1 atom stereocenters. The highest BCUT2D eigenvalue weighted by molar-refractivity contribution is 7.80. The van der Waals surface area contributed by atoms with Gasteiger partial charge in [-0.2, -0.15) is 12.6 Å². The molecule has 1 N–H and O–H groups in total. The van der Waals surface area contributed by atoms with Crippen LogP contribution in [0.2, 0.25) is 0 Å². The molecule has 0 fully saturated rings. The summed E-state index contributed by atoms with van der Waals surface area (Å²) in [7, 11) is 0. The number of anilines is 1. The van der Waals surface area contributed by atoms with Crippen molar-refractivity contribution in [2.75, 3.05) is 5.32 Å². The Morgan fingerprint density at radius 2 is 1.42 bits per heavy atom. The van der Waals surface area contributed by atoms with Crippen LogP contribution < -0.4 is 5.32 Å². The molecule has 3 heteroatoms. The van der Waals surface area contributed by atoms with E-state index in [1.165, 1.54) is 0 Å². The van der Waals surface area contributed by atoms with Crippen LogP contribution in [-0.2, 0) is 0 Å². The number of hydrogen-bond donors (Lipinski definition) is 2. The number of aryl methyl sites for hydroxylation is 1. The fraction of sp³-hybridized carbons (Fsp3) is 0.0952. The van der Waals surface area contributed by atoms with Gasteiger partial charge in [-0.15, -0.1) is 0 Å². The van der Waals surface area contributed by atoms with Gasteiger partial charge in [-0.1, -0.05) is 60.2 Å². The van der Waals surface area contributed by atoms with E-state index < -0.39 is 0 Å². The summed E-state index contributed by atoms with van der Waals surface area (Å²) in [6.45, 7) is 2.00. The molecule has 1 unspecified atom stereocenters. The van der Waals surface area contributed by atoms with E-state index in [0.29, 0.717) is 5.56 Å². The summed E-state index contributed by atoms with van der Waals surface area (Å²) in [5, 5.41) is 2.94.